The van der Waals surface area contributed by atoms with Gasteiger partial charge in [-0.3, -0.25) is 9.78 Å². The fourth-order valence-corrected chi connectivity index (χ4v) is 3.44. The number of nitrogens with one attached hydrogen (secondary N) is 1. The smallest absolute Gasteiger partial charge is 0.359 e. The predicted molar refractivity (Wildman–Crippen MR) is 127 cm³/mol. The van der Waals surface area contributed by atoms with Crippen LogP contribution in [0, 0.1) is 6.92 Å². The van der Waals surface area contributed by atoms with E-state index in [2.05, 4.69) is 25.8 Å². The van der Waals surface area contributed by atoms with Gasteiger partial charge >= 0.3 is 6.18 Å². The monoisotopic (exact) mass is 498 g/mol. The molecule has 1 aromatic carbocycles. The summed E-state index contributed by atoms with van der Waals surface area (Å²) in [6.45, 7) is 7.80. The molecule has 1 N–H and O–H groups in total. The van der Waals surface area contributed by atoms with Gasteiger partial charge in [-0.15, -0.1) is 5.10 Å². The van der Waals surface area contributed by atoms with E-state index in [0.717, 1.165) is 5.56 Å². The molecular formula is C25H25F3N6O2. The van der Waals surface area contributed by atoms with E-state index in [-0.39, 0.29) is 17.7 Å². The molecule has 1 amide bonds. The molecule has 4 aromatic rings. The standard InChI is InChI=1S/C25H25F3N6O2/c1-15-5-6-17(23(35)30-22-11-21(36-32-22)24(2,3)4)10-20(15)34-14-19(31-33-34)18-9-16(12-29-13-18)7-8-25(26,27)28/h5-6,9-14H,7-8H2,1-4H3,(H,30,32,35). The first-order chi connectivity index (χ1) is 16.9. The summed E-state index contributed by atoms with van der Waals surface area (Å²) in [5.74, 6) is 0.592. The van der Waals surface area contributed by atoms with E-state index in [1.54, 1.807) is 36.5 Å². The van der Waals surface area contributed by atoms with Crippen LogP contribution in [-0.4, -0.2) is 37.2 Å². The fourth-order valence-electron chi connectivity index (χ4n) is 3.44. The molecule has 188 valence electrons. The maximum absolute atomic E-state index is 12.8. The van der Waals surface area contributed by atoms with Crippen molar-refractivity contribution in [1.29, 1.82) is 0 Å². The highest BCUT2D eigenvalue weighted by molar-refractivity contribution is 6.04. The number of rotatable bonds is 6. The summed E-state index contributed by atoms with van der Waals surface area (Å²) in [5.41, 5.74) is 3.05. The third-order valence-corrected chi connectivity index (χ3v) is 5.49. The predicted octanol–water partition coefficient (Wildman–Crippen LogP) is 5.67. The van der Waals surface area contributed by atoms with Crippen LogP contribution in [0.15, 0.2) is 53.4 Å². The molecule has 0 aliphatic carbocycles. The van der Waals surface area contributed by atoms with Crippen LogP contribution in [0.25, 0.3) is 16.9 Å². The van der Waals surface area contributed by atoms with Crippen molar-refractivity contribution in [2.75, 3.05) is 5.32 Å². The first-order valence-electron chi connectivity index (χ1n) is 11.2. The Morgan fingerprint density at radius 1 is 1.11 bits per heavy atom. The molecule has 0 aliphatic heterocycles. The number of aromatic nitrogens is 5. The number of halogens is 3. The highest BCUT2D eigenvalue weighted by atomic mass is 19.4. The van der Waals surface area contributed by atoms with E-state index in [1.807, 2.05) is 27.7 Å². The Hall–Kier alpha value is -4.02. The van der Waals surface area contributed by atoms with Gasteiger partial charge in [0.25, 0.3) is 5.91 Å². The van der Waals surface area contributed by atoms with Crippen molar-refractivity contribution in [2.45, 2.75) is 52.1 Å². The van der Waals surface area contributed by atoms with Gasteiger partial charge in [-0.05, 0) is 42.7 Å². The number of anilines is 1. The van der Waals surface area contributed by atoms with Gasteiger partial charge in [0.15, 0.2) is 5.82 Å². The van der Waals surface area contributed by atoms with Crippen LogP contribution in [0.1, 0.15) is 54.4 Å². The zero-order chi connectivity index (χ0) is 26.1. The third kappa shape index (κ3) is 5.96. The Bertz CT molecular complexity index is 1380. The van der Waals surface area contributed by atoms with Crippen LogP contribution >= 0.6 is 0 Å². The van der Waals surface area contributed by atoms with Gasteiger partial charge in [-0.25, -0.2) is 4.68 Å². The van der Waals surface area contributed by atoms with Gasteiger partial charge in [-0.2, -0.15) is 13.2 Å². The molecule has 3 aromatic heterocycles. The van der Waals surface area contributed by atoms with Gasteiger partial charge in [0.05, 0.1) is 11.9 Å². The van der Waals surface area contributed by atoms with Crippen molar-refractivity contribution < 1.29 is 22.5 Å². The van der Waals surface area contributed by atoms with Crippen LogP contribution < -0.4 is 5.32 Å². The van der Waals surface area contributed by atoms with Crippen molar-refractivity contribution >= 4 is 11.7 Å². The molecule has 4 rings (SSSR count). The normalized spacial score (nSPS) is 12.1. The van der Waals surface area contributed by atoms with Crippen molar-refractivity contribution in [2.24, 2.45) is 0 Å². The first-order valence-corrected chi connectivity index (χ1v) is 11.2. The number of benzene rings is 1. The zero-order valence-corrected chi connectivity index (χ0v) is 20.2. The lowest BCUT2D eigenvalue weighted by atomic mass is 9.93. The van der Waals surface area contributed by atoms with Crippen molar-refractivity contribution in [3.05, 3.63) is 71.4 Å². The number of alkyl halides is 3. The lowest BCUT2D eigenvalue weighted by molar-refractivity contribution is -0.134. The minimum atomic E-state index is -4.24. The SMILES string of the molecule is Cc1ccc(C(=O)Nc2cc(C(C)(C)C)on2)cc1-n1cc(-c2cncc(CCC(F)(F)F)c2)nn1. The number of hydrogen-bond donors (Lipinski definition) is 1. The molecule has 0 fully saturated rings. The minimum absolute atomic E-state index is 0.169. The van der Waals surface area contributed by atoms with Crippen molar-refractivity contribution in [1.82, 2.24) is 25.1 Å². The third-order valence-electron chi connectivity index (χ3n) is 5.49. The summed E-state index contributed by atoms with van der Waals surface area (Å²) < 4.78 is 44.5. The number of carbonyl (C=O) groups excluding carboxylic acids is 1. The summed E-state index contributed by atoms with van der Waals surface area (Å²) >= 11 is 0. The van der Waals surface area contributed by atoms with Crippen molar-refractivity contribution in [3.63, 3.8) is 0 Å². The highest BCUT2D eigenvalue weighted by Gasteiger charge is 2.26. The fraction of sp³-hybridized carbons (Fsp3) is 0.320. The van der Waals surface area contributed by atoms with E-state index in [0.29, 0.717) is 39.6 Å². The van der Waals surface area contributed by atoms with Gasteiger partial charge in [0.1, 0.15) is 11.5 Å². The zero-order valence-electron chi connectivity index (χ0n) is 20.2. The summed E-state index contributed by atoms with van der Waals surface area (Å²) in [7, 11) is 0. The molecule has 0 atom stereocenters. The molecule has 3 heterocycles. The molecule has 0 bridgehead atoms. The van der Waals surface area contributed by atoms with E-state index in [4.69, 9.17) is 4.52 Å². The molecule has 11 heteroatoms. The number of hydrogen-bond acceptors (Lipinski definition) is 6. The van der Waals surface area contributed by atoms with Gasteiger partial charge in [-0.1, -0.05) is 37.2 Å². The minimum Gasteiger partial charge on any atom is -0.359 e. The maximum atomic E-state index is 12.8. The number of nitrogens with zero attached hydrogens (tertiary/aromatic N) is 5. The summed E-state index contributed by atoms with van der Waals surface area (Å²) in [6, 6.07) is 8.45. The molecule has 0 saturated carbocycles. The van der Waals surface area contributed by atoms with Crippen molar-refractivity contribution in [3.8, 4) is 16.9 Å². The van der Waals surface area contributed by atoms with E-state index >= 15 is 0 Å². The highest BCUT2D eigenvalue weighted by Crippen LogP contribution is 2.26. The molecule has 0 unspecified atom stereocenters. The lowest BCUT2D eigenvalue weighted by Gasteiger charge is -2.12. The number of amides is 1. The topological polar surface area (TPSA) is 98.7 Å². The van der Waals surface area contributed by atoms with Crippen LogP contribution in [0.3, 0.4) is 0 Å². The van der Waals surface area contributed by atoms with Crippen LogP contribution in [0.2, 0.25) is 0 Å². The Morgan fingerprint density at radius 3 is 2.58 bits per heavy atom. The largest absolute Gasteiger partial charge is 0.389 e. The molecule has 8 nitrogen and oxygen atoms in total. The number of carbonyl (C=O) groups is 1. The second-order valence-electron chi connectivity index (χ2n) is 9.53. The molecule has 0 saturated heterocycles. The van der Waals surface area contributed by atoms with Crippen LogP contribution in [-0.2, 0) is 11.8 Å². The van der Waals surface area contributed by atoms with Gasteiger partial charge in [0, 0.05) is 41.4 Å². The molecule has 0 aliphatic rings. The summed E-state index contributed by atoms with van der Waals surface area (Å²) in [4.78, 5) is 16.9. The molecule has 0 spiro atoms. The lowest BCUT2D eigenvalue weighted by Crippen LogP contribution is -2.13. The number of pyridine rings is 1. The average molecular weight is 499 g/mol. The Morgan fingerprint density at radius 2 is 1.89 bits per heavy atom. The number of aryl methyl sites for hydroxylation is 2. The second kappa shape index (κ2) is 9.56. The average Bonchev–Trinajstić information content (AvgIpc) is 3.48. The summed E-state index contributed by atoms with van der Waals surface area (Å²) in [5, 5.41) is 14.9. The van der Waals surface area contributed by atoms with E-state index in [9.17, 15) is 18.0 Å². The Kier molecular flexibility index (Phi) is 6.66. The Balaban J connectivity index is 1.54. The van der Waals surface area contributed by atoms with Gasteiger partial charge < -0.3 is 9.84 Å². The molecular weight excluding hydrogens is 473 g/mol. The molecule has 36 heavy (non-hydrogen) atoms. The van der Waals surface area contributed by atoms with Crippen LogP contribution in [0.4, 0.5) is 19.0 Å². The quantitative estimate of drug-likeness (QED) is 0.368. The second-order valence-corrected chi connectivity index (χ2v) is 9.53. The maximum Gasteiger partial charge on any atom is 0.389 e. The van der Waals surface area contributed by atoms with Crippen LogP contribution in [0.5, 0.6) is 0 Å². The van der Waals surface area contributed by atoms with E-state index in [1.165, 1.54) is 17.1 Å². The molecule has 0 radical (unpaired) electrons. The van der Waals surface area contributed by atoms with Gasteiger partial charge in [0.2, 0.25) is 0 Å². The Labute approximate surface area is 205 Å². The summed E-state index contributed by atoms with van der Waals surface area (Å²) in [6.07, 6.45) is -0.766. The first kappa shape index (κ1) is 25.1. The van der Waals surface area contributed by atoms with E-state index < -0.39 is 12.6 Å².